The molecule has 0 saturated heterocycles. The molecule has 112 valence electrons. The predicted molar refractivity (Wildman–Crippen MR) is 81.5 cm³/mol. The van der Waals surface area contributed by atoms with E-state index in [1.54, 1.807) is 36.4 Å². The first-order valence-electron chi connectivity index (χ1n) is 6.48. The Morgan fingerprint density at radius 1 is 0.955 bits per heavy atom. The van der Waals surface area contributed by atoms with Gasteiger partial charge in [-0.2, -0.15) is 0 Å². The zero-order valence-corrected chi connectivity index (χ0v) is 12.2. The molecule has 2 aromatic carbocycles. The molecule has 0 aliphatic heterocycles. The number of halogens is 2. The van der Waals surface area contributed by atoms with E-state index in [2.05, 4.69) is 10.2 Å². The number of thioether (sulfide) groups is 1. The van der Waals surface area contributed by atoms with Crippen LogP contribution in [0.25, 0.3) is 11.4 Å². The van der Waals surface area contributed by atoms with Gasteiger partial charge in [0.1, 0.15) is 11.6 Å². The van der Waals surface area contributed by atoms with Crippen LogP contribution in [0.5, 0.6) is 0 Å². The minimum atomic E-state index is -0.424. The second-order valence-electron chi connectivity index (χ2n) is 4.54. The lowest BCUT2D eigenvalue weighted by Gasteiger charge is -2.05. The van der Waals surface area contributed by atoms with E-state index in [4.69, 9.17) is 5.84 Å². The van der Waals surface area contributed by atoms with Gasteiger partial charge in [0.25, 0.3) is 0 Å². The van der Waals surface area contributed by atoms with Crippen molar-refractivity contribution < 1.29 is 8.78 Å². The summed E-state index contributed by atoms with van der Waals surface area (Å²) in [5, 5.41) is 8.24. The summed E-state index contributed by atoms with van der Waals surface area (Å²) in [6.45, 7) is 0. The molecule has 0 radical (unpaired) electrons. The Morgan fingerprint density at radius 3 is 2.36 bits per heavy atom. The lowest BCUT2D eigenvalue weighted by molar-refractivity contribution is 0.617. The summed E-state index contributed by atoms with van der Waals surface area (Å²) in [7, 11) is 0. The molecule has 0 unspecified atom stereocenters. The average Bonchev–Trinajstić information content (AvgIpc) is 2.88. The number of nitrogens with two attached hydrogens (primary N) is 1. The highest BCUT2D eigenvalue weighted by atomic mass is 32.2. The van der Waals surface area contributed by atoms with Gasteiger partial charge >= 0.3 is 0 Å². The monoisotopic (exact) mass is 318 g/mol. The molecule has 0 aliphatic carbocycles. The van der Waals surface area contributed by atoms with Crippen LogP contribution in [0, 0.1) is 11.6 Å². The Labute approximate surface area is 130 Å². The second kappa shape index (κ2) is 6.15. The number of benzene rings is 2. The first kappa shape index (κ1) is 14.5. The highest BCUT2D eigenvalue weighted by Gasteiger charge is 2.15. The molecule has 0 aliphatic rings. The molecule has 0 bridgehead atoms. The van der Waals surface area contributed by atoms with E-state index in [0.717, 1.165) is 0 Å². The zero-order valence-electron chi connectivity index (χ0n) is 11.4. The summed E-state index contributed by atoms with van der Waals surface area (Å²) in [5.41, 5.74) is 0.818. The van der Waals surface area contributed by atoms with Crippen LogP contribution in [0.1, 0.15) is 5.56 Å². The highest BCUT2D eigenvalue weighted by molar-refractivity contribution is 7.98. The number of hydrogen-bond donors (Lipinski definition) is 1. The van der Waals surface area contributed by atoms with Gasteiger partial charge in [0, 0.05) is 5.75 Å². The van der Waals surface area contributed by atoms with Crippen LogP contribution in [0.3, 0.4) is 0 Å². The van der Waals surface area contributed by atoms with Crippen LogP contribution >= 0.6 is 11.8 Å². The summed E-state index contributed by atoms with van der Waals surface area (Å²) in [4.78, 5) is 0. The lowest BCUT2D eigenvalue weighted by Crippen LogP contribution is -2.12. The summed E-state index contributed by atoms with van der Waals surface area (Å²) < 4.78 is 28.6. The minimum absolute atomic E-state index is 0.231. The first-order chi connectivity index (χ1) is 10.7. The summed E-state index contributed by atoms with van der Waals surface area (Å²) in [6, 6.07) is 12.7. The molecular formula is C15H12F2N4S. The van der Waals surface area contributed by atoms with E-state index in [1.165, 1.54) is 28.6 Å². The minimum Gasteiger partial charge on any atom is -0.335 e. The maximum atomic E-state index is 13.8. The molecule has 3 aromatic rings. The lowest BCUT2D eigenvalue weighted by atomic mass is 10.2. The summed E-state index contributed by atoms with van der Waals surface area (Å²) in [6.07, 6.45) is 0. The van der Waals surface area contributed by atoms with Crippen molar-refractivity contribution in [3.63, 3.8) is 0 Å². The number of nitrogen functional groups attached to an aromatic ring is 1. The third kappa shape index (κ3) is 2.80. The van der Waals surface area contributed by atoms with Crippen molar-refractivity contribution in [3.05, 3.63) is 65.7 Å². The van der Waals surface area contributed by atoms with Crippen LogP contribution in [-0.2, 0) is 5.75 Å². The Kier molecular flexibility index (Phi) is 4.06. The number of hydrogen-bond acceptors (Lipinski definition) is 4. The molecule has 1 heterocycles. The van der Waals surface area contributed by atoms with Gasteiger partial charge in [0.15, 0.2) is 5.82 Å². The molecule has 3 rings (SSSR count). The van der Waals surface area contributed by atoms with Crippen LogP contribution < -0.4 is 5.84 Å². The highest BCUT2D eigenvalue weighted by Crippen LogP contribution is 2.26. The number of rotatable bonds is 4. The quantitative estimate of drug-likeness (QED) is 0.593. The first-order valence-corrected chi connectivity index (χ1v) is 7.47. The molecule has 4 nitrogen and oxygen atoms in total. The van der Waals surface area contributed by atoms with Crippen LogP contribution in [0.2, 0.25) is 0 Å². The van der Waals surface area contributed by atoms with E-state index in [0.29, 0.717) is 16.5 Å². The molecule has 7 heteroatoms. The fraction of sp³-hybridized carbons (Fsp3) is 0.0667. The van der Waals surface area contributed by atoms with Gasteiger partial charge < -0.3 is 5.84 Å². The van der Waals surface area contributed by atoms with E-state index < -0.39 is 5.82 Å². The molecule has 0 amide bonds. The van der Waals surface area contributed by atoms with Gasteiger partial charge in [-0.25, -0.2) is 13.5 Å². The fourth-order valence-electron chi connectivity index (χ4n) is 1.96. The third-order valence-electron chi connectivity index (χ3n) is 3.09. The maximum Gasteiger partial charge on any atom is 0.210 e. The molecule has 0 saturated carbocycles. The number of nitrogens with zero attached hydrogens (tertiary/aromatic N) is 3. The molecular weight excluding hydrogens is 306 g/mol. The molecule has 0 atom stereocenters. The maximum absolute atomic E-state index is 13.8. The van der Waals surface area contributed by atoms with Gasteiger partial charge in [-0.05, 0) is 23.8 Å². The average molecular weight is 318 g/mol. The summed E-state index contributed by atoms with van der Waals surface area (Å²) >= 11 is 1.24. The Bertz CT molecular complexity index is 804. The van der Waals surface area contributed by atoms with E-state index in [1.807, 2.05) is 0 Å². The molecule has 0 spiro atoms. The van der Waals surface area contributed by atoms with E-state index in [-0.39, 0.29) is 17.2 Å². The van der Waals surface area contributed by atoms with Crippen LogP contribution in [0.4, 0.5) is 8.78 Å². The zero-order chi connectivity index (χ0) is 15.5. The van der Waals surface area contributed by atoms with Crippen molar-refractivity contribution in [1.82, 2.24) is 14.9 Å². The topological polar surface area (TPSA) is 56.7 Å². The predicted octanol–water partition coefficient (Wildman–Crippen LogP) is 3.23. The molecule has 2 N–H and O–H groups in total. The normalized spacial score (nSPS) is 10.8. The van der Waals surface area contributed by atoms with Gasteiger partial charge in [0.05, 0.1) is 5.56 Å². The molecule has 1 aromatic heterocycles. The Hall–Kier alpha value is -2.41. The van der Waals surface area contributed by atoms with Gasteiger partial charge in [-0.3, -0.25) is 0 Å². The van der Waals surface area contributed by atoms with Crippen molar-refractivity contribution in [2.75, 3.05) is 5.84 Å². The smallest absolute Gasteiger partial charge is 0.210 e. The third-order valence-corrected chi connectivity index (χ3v) is 4.09. The standard InChI is InChI=1S/C15H12F2N4S/c16-12-7-3-1-5-10(12)9-22-15-20-19-14(21(15)18)11-6-2-4-8-13(11)17/h1-8H,9,18H2. The van der Waals surface area contributed by atoms with Crippen molar-refractivity contribution in [3.8, 4) is 11.4 Å². The van der Waals surface area contributed by atoms with E-state index in [9.17, 15) is 8.78 Å². The van der Waals surface area contributed by atoms with Crippen molar-refractivity contribution in [1.29, 1.82) is 0 Å². The van der Waals surface area contributed by atoms with Crippen molar-refractivity contribution in [2.24, 2.45) is 0 Å². The summed E-state index contributed by atoms with van der Waals surface area (Å²) in [5.74, 6) is 5.80. The van der Waals surface area contributed by atoms with Crippen LogP contribution in [-0.4, -0.2) is 14.9 Å². The van der Waals surface area contributed by atoms with Gasteiger partial charge in [-0.15, -0.1) is 10.2 Å². The van der Waals surface area contributed by atoms with E-state index >= 15 is 0 Å². The van der Waals surface area contributed by atoms with Gasteiger partial charge in [-0.1, -0.05) is 42.1 Å². The number of aromatic nitrogens is 3. The Balaban J connectivity index is 1.83. The van der Waals surface area contributed by atoms with Crippen molar-refractivity contribution >= 4 is 11.8 Å². The van der Waals surface area contributed by atoms with Gasteiger partial charge in [0.2, 0.25) is 5.16 Å². The second-order valence-corrected chi connectivity index (χ2v) is 5.48. The SMILES string of the molecule is Nn1c(SCc2ccccc2F)nnc1-c1ccccc1F. The van der Waals surface area contributed by atoms with Crippen molar-refractivity contribution in [2.45, 2.75) is 10.9 Å². The fourth-order valence-corrected chi connectivity index (χ4v) is 2.80. The molecule has 22 heavy (non-hydrogen) atoms. The Morgan fingerprint density at radius 2 is 1.64 bits per heavy atom. The largest absolute Gasteiger partial charge is 0.335 e. The molecule has 0 fully saturated rings. The van der Waals surface area contributed by atoms with Crippen LogP contribution in [0.15, 0.2) is 53.7 Å².